The summed E-state index contributed by atoms with van der Waals surface area (Å²) in [6.07, 6.45) is 0. The molecular formula is C23H23ClN6OS. The van der Waals surface area contributed by atoms with Gasteiger partial charge in [-0.15, -0.1) is 0 Å². The van der Waals surface area contributed by atoms with Gasteiger partial charge in [-0.3, -0.25) is 10.1 Å². The highest BCUT2D eigenvalue weighted by Crippen LogP contribution is 2.12. The second-order valence-corrected chi connectivity index (χ2v) is 7.95. The topological polar surface area (TPSA) is 91.3 Å². The Morgan fingerprint density at radius 2 is 1.62 bits per heavy atom. The number of nitrogens with zero attached hydrogens (tertiary/aromatic N) is 3. The Hall–Kier alpha value is -3.36. The number of carbonyl (C=O) groups is 1. The Morgan fingerprint density at radius 1 is 1.00 bits per heavy atom. The first-order chi connectivity index (χ1) is 15.3. The Labute approximate surface area is 197 Å². The molecule has 0 bridgehead atoms. The molecule has 9 heteroatoms. The summed E-state index contributed by atoms with van der Waals surface area (Å²) < 4.78 is 0. The van der Waals surface area contributed by atoms with E-state index >= 15 is 0 Å². The van der Waals surface area contributed by atoms with Gasteiger partial charge in [0, 0.05) is 27.7 Å². The number of hydrogen-bond acceptors (Lipinski definition) is 5. The van der Waals surface area contributed by atoms with Crippen molar-refractivity contribution >= 4 is 52.3 Å². The number of hydrogen-bond donors (Lipinski definition) is 3. The van der Waals surface area contributed by atoms with E-state index in [9.17, 15) is 4.79 Å². The van der Waals surface area contributed by atoms with E-state index in [1.54, 1.807) is 24.3 Å². The highest BCUT2D eigenvalue weighted by molar-refractivity contribution is 7.80. The van der Waals surface area contributed by atoms with Gasteiger partial charge in [0.2, 0.25) is 11.9 Å². The van der Waals surface area contributed by atoms with Crippen molar-refractivity contribution in [2.75, 3.05) is 10.6 Å². The van der Waals surface area contributed by atoms with Crippen molar-refractivity contribution in [1.29, 1.82) is 0 Å². The van der Waals surface area contributed by atoms with E-state index in [0.717, 1.165) is 22.6 Å². The van der Waals surface area contributed by atoms with Gasteiger partial charge in [0.1, 0.15) is 0 Å². The molecule has 0 amide bonds. The molecular weight excluding hydrogens is 444 g/mol. The van der Waals surface area contributed by atoms with Crippen molar-refractivity contribution in [2.45, 2.75) is 27.3 Å². The molecule has 164 valence electrons. The molecule has 0 atom stereocenters. The summed E-state index contributed by atoms with van der Waals surface area (Å²) in [4.78, 5) is 24.9. The van der Waals surface area contributed by atoms with Crippen LogP contribution in [0.15, 0.2) is 59.6 Å². The molecule has 0 saturated heterocycles. The maximum atomic E-state index is 11.5. The van der Waals surface area contributed by atoms with Crippen LogP contribution in [0.3, 0.4) is 0 Å². The molecule has 0 aliphatic carbocycles. The fourth-order valence-electron chi connectivity index (χ4n) is 2.82. The summed E-state index contributed by atoms with van der Waals surface area (Å²) in [5.74, 6) is 0.813. The van der Waals surface area contributed by atoms with Crippen LogP contribution in [0.2, 0.25) is 5.02 Å². The average Bonchev–Trinajstić information content (AvgIpc) is 2.72. The maximum Gasteiger partial charge on any atom is 0.229 e. The SMILES string of the molecule is CC(=O)c1ccc(NC(=S)NC(=NCc2ccc(Cl)cc2)Nc2nc(C)cc(C)n2)cc1. The van der Waals surface area contributed by atoms with Crippen LogP contribution < -0.4 is 16.0 Å². The predicted molar refractivity (Wildman–Crippen MR) is 134 cm³/mol. The van der Waals surface area contributed by atoms with E-state index in [0.29, 0.717) is 34.2 Å². The lowest BCUT2D eigenvalue weighted by atomic mass is 10.1. The first kappa shape index (κ1) is 23.3. The van der Waals surface area contributed by atoms with Gasteiger partial charge in [-0.25, -0.2) is 15.0 Å². The molecule has 3 aromatic rings. The third kappa shape index (κ3) is 7.11. The Balaban J connectivity index is 1.75. The maximum absolute atomic E-state index is 11.5. The number of rotatable bonds is 5. The van der Waals surface area contributed by atoms with Crippen LogP contribution in [0.4, 0.5) is 11.6 Å². The fraction of sp³-hybridized carbons (Fsp3) is 0.174. The molecule has 1 heterocycles. The molecule has 0 radical (unpaired) electrons. The molecule has 7 nitrogen and oxygen atoms in total. The molecule has 3 N–H and O–H groups in total. The third-order valence-corrected chi connectivity index (χ3v) is 4.78. The second-order valence-electron chi connectivity index (χ2n) is 7.10. The van der Waals surface area contributed by atoms with Gasteiger partial charge < -0.3 is 10.6 Å². The van der Waals surface area contributed by atoms with Crippen molar-refractivity contribution in [3.63, 3.8) is 0 Å². The minimum absolute atomic E-state index is 0.00604. The highest BCUT2D eigenvalue weighted by atomic mass is 35.5. The van der Waals surface area contributed by atoms with Crippen molar-refractivity contribution in [3.05, 3.63) is 82.1 Å². The van der Waals surface area contributed by atoms with Gasteiger partial charge in [-0.05, 0) is 81.0 Å². The number of aryl methyl sites for hydroxylation is 2. The lowest BCUT2D eigenvalue weighted by Gasteiger charge is -2.14. The normalized spacial score (nSPS) is 11.1. The molecule has 0 saturated carbocycles. The molecule has 1 aromatic heterocycles. The van der Waals surface area contributed by atoms with Crippen molar-refractivity contribution < 1.29 is 4.79 Å². The molecule has 0 spiro atoms. The molecule has 0 aliphatic rings. The quantitative estimate of drug-likeness (QED) is 0.213. The number of aliphatic imine (C=N–C) groups is 1. The van der Waals surface area contributed by atoms with Gasteiger partial charge in [0.15, 0.2) is 10.9 Å². The zero-order chi connectivity index (χ0) is 23.1. The van der Waals surface area contributed by atoms with E-state index in [1.165, 1.54) is 6.92 Å². The summed E-state index contributed by atoms with van der Waals surface area (Å²) in [5, 5.41) is 10.2. The molecule has 2 aromatic carbocycles. The van der Waals surface area contributed by atoms with Gasteiger partial charge in [-0.1, -0.05) is 23.7 Å². The van der Waals surface area contributed by atoms with Crippen molar-refractivity contribution in [2.24, 2.45) is 4.99 Å². The number of aromatic nitrogens is 2. The molecule has 0 unspecified atom stereocenters. The Morgan fingerprint density at radius 3 is 2.22 bits per heavy atom. The summed E-state index contributed by atoms with van der Waals surface area (Å²) in [5.41, 5.74) is 4.03. The number of guanidine groups is 1. The van der Waals surface area contributed by atoms with E-state index in [4.69, 9.17) is 23.8 Å². The summed E-state index contributed by atoms with van der Waals surface area (Å²) in [7, 11) is 0. The Kier molecular flexibility index (Phi) is 7.86. The number of ketones is 1. The zero-order valence-electron chi connectivity index (χ0n) is 17.9. The summed E-state index contributed by atoms with van der Waals surface area (Å²) in [6, 6.07) is 16.4. The third-order valence-electron chi connectivity index (χ3n) is 4.33. The largest absolute Gasteiger partial charge is 0.332 e. The molecule has 3 rings (SSSR count). The van der Waals surface area contributed by atoms with Gasteiger partial charge in [0.25, 0.3) is 0 Å². The van der Waals surface area contributed by atoms with Crippen LogP contribution in [0.5, 0.6) is 0 Å². The van der Waals surface area contributed by atoms with Gasteiger partial charge in [-0.2, -0.15) is 0 Å². The van der Waals surface area contributed by atoms with Gasteiger partial charge in [0.05, 0.1) is 6.54 Å². The number of nitrogens with one attached hydrogen (secondary N) is 3. The first-order valence-corrected chi connectivity index (χ1v) is 10.6. The Bertz CT molecular complexity index is 1130. The smallest absolute Gasteiger partial charge is 0.229 e. The fourth-order valence-corrected chi connectivity index (χ4v) is 3.16. The van der Waals surface area contributed by atoms with Crippen LogP contribution in [0, 0.1) is 13.8 Å². The van der Waals surface area contributed by atoms with Crippen LogP contribution in [-0.4, -0.2) is 26.8 Å². The lowest BCUT2D eigenvalue weighted by Crippen LogP contribution is -2.39. The van der Waals surface area contributed by atoms with Crippen LogP contribution in [-0.2, 0) is 6.54 Å². The van der Waals surface area contributed by atoms with Crippen molar-refractivity contribution in [1.82, 2.24) is 15.3 Å². The van der Waals surface area contributed by atoms with E-state index in [-0.39, 0.29) is 5.78 Å². The van der Waals surface area contributed by atoms with Crippen LogP contribution in [0.1, 0.15) is 34.2 Å². The summed E-state index contributed by atoms with van der Waals surface area (Å²) >= 11 is 11.4. The number of carbonyl (C=O) groups excluding carboxylic acids is 1. The second kappa shape index (κ2) is 10.8. The average molecular weight is 467 g/mol. The minimum Gasteiger partial charge on any atom is -0.332 e. The van der Waals surface area contributed by atoms with Crippen molar-refractivity contribution in [3.8, 4) is 0 Å². The summed E-state index contributed by atoms with van der Waals surface area (Å²) in [6.45, 7) is 5.72. The van der Waals surface area contributed by atoms with Gasteiger partial charge >= 0.3 is 0 Å². The molecule has 0 fully saturated rings. The number of thiocarbonyl (C=S) groups is 1. The number of Topliss-reactive ketones (excluding diaryl/α,β-unsaturated/α-hetero) is 1. The zero-order valence-corrected chi connectivity index (χ0v) is 19.5. The van der Waals surface area contributed by atoms with E-state index in [1.807, 2.05) is 44.2 Å². The van der Waals surface area contributed by atoms with E-state index < -0.39 is 0 Å². The first-order valence-electron chi connectivity index (χ1n) is 9.86. The predicted octanol–water partition coefficient (Wildman–Crippen LogP) is 4.90. The molecule has 32 heavy (non-hydrogen) atoms. The lowest BCUT2D eigenvalue weighted by molar-refractivity contribution is 0.101. The number of anilines is 2. The van der Waals surface area contributed by atoms with Crippen LogP contribution in [0.25, 0.3) is 0 Å². The highest BCUT2D eigenvalue weighted by Gasteiger charge is 2.08. The standard InChI is InChI=1S/C23H23ClN6OS/c1-14-12-15(2)27-22(26-14)29-21(25-13-17-4-8-19(24)9-5-17)30-23(32)28-20-10-6-18(7-11-20)16(3)31/h4-12H,13H2,1-3H3,(H3,25,26,27,28,29,30,32). The number of benzene rings is 2. The monoisotopic (exact) mass is 466 g/mol. The molecule has 0 aliphatic heterocycles. The number of halogens is 1. The minimum atomic E-state index is 0.00604. The van der Waals surface area contributed by atoms with Crippen LogP contribution >= 0.6 is 23.8 Å². The van der Waals surface area contributed by atoms with E-state index in [2.05, 4.69) is 30.9 Å².